The normalized spacial score (nSPS) is 11.6. The van der Waals surface area contributed by atoms with Gasteiger partial charge in [-0.2, -0.15) is 5.10 Å². The van der Waals surface area contributed by atoms with Crippen molar-refractivity contribution < 1.29 is 4.79 Å². The zero-order valence-electron chi connectivity index (χ0n) is 11.9. The zero-order valence-corrected chi connectivity index (χ0v) is 12.7. The standard InChI is InChI=1S/C17H14ClN3O/c1-11(12-6-2-4-8-15(12)18)20-21-17(22)14-10-19-16-9-5-3-7-13(14)16/h2-10,19H,1H3,(H,21,22)/b20-11+. The van der Waals surface area contributed by atoms with Crippen molar-refractivity contribution in [2.45, 2.75) is 6.92 Å². The fraction of sp³-hybridized carbons (Fsp3) is 0.0588. The summed E-state index contributed by atoms with van der Waals surface area (Å²) in [6.45, 7) is 1.80. The van der Waals surface area contributed by atoms with E-state index < -0.39 is 0 Å². The first-order chi connectivity index (χ1) is 10.7. The number of carbonyl (C=O) groups excluding carboxylic acids is 1. The second-order valence-corrected chi connectivity index (χ2v) is 5.27. The topological polar surface area (TPSA) is 57.2 Å². The van der Waals surface area contributed by atoms with E-state index in [-0.39, 0.29) is 5.91 Å². The number of amides is 1. The van der Waals surface area contributed by atoms with Crippen molar-refractivity contribution >= 4 is 34.1 Å². The maximum Gasteiger partial charge on any atom is 0.273 e. The van der Waals surface area contributed by atoms with E-state index in [4.69, 9.17) is 11.6 Å². The van der Waals surface area contributed by atoms with Gasteiger partial charge in [-0.3, -0.25) is 4.79 Å². The van der Waals surface area contributed by atoms with Crippen LogP contribution in [-0.4, -0.2) is 16.6 Å². The number of nitrogens with one attached hydrogen (secondary N) is 2. The predicted molar refractivity (Wildman–Crippen MR) is 89.4 cm³/mol. The molecule has 5 heteroatoms. The fourth-order valence-corrected chi connectivity index (χ4v) is 2.54. The molecule has 0 saturated carbocycles. The lowest BCUT2D eigenvalue weighted by atomic mass is 10.1. The Hall–Kier alpha value is -2.59. The van der Waals surface area contributed by atoms with Gasteiger partial charge >= 0.3 is 0 Å². The number of carbonyl (C=O) groups is 1. The summed E-state index contributed by atoms with van der Waals surface area (Å²) in [6, 6.07) is 15.0. The molecule has 0 fully saturated rings. The number of hydrazone groups is 1. The molecule has 22 heavy (non-hydrogen) atoms. The van der Waals surface area contributed by atoms with Gasteiger partial charge in [0.2, 0.25) is 0 Å². The first-order valence-electron chi connectivity index (χ1n) is 6.82. The first-order valence-corrected chi connectivity index (χ1v) is 7.20. The number of aromatic nitrogens is 1. The van der Waals surface area contributed by atoms with Crippen LogP contribution in [0.25, 0.3) is 10.9 Å². The molecule has 0 aliphatic rings. The van der Waals surface area contributed by atoms with Gasteiger partial charge in [0.25, 0.3) is 5.91 Å². The summed E-state index contributed by atoms with van der Waals surface area (Å²) in [5.41, 5.74) is 5.50. The van der Waals surface area contributed by atoms with E-state index in [9.17, 15) is 4.79 Å². The van der Waals surface area contributed by atoms with Crippen LogP contribution in [0.4, 0.5) is 0 Å². The van der Waals surface area contributed by atoms with Gasteiger partial charge in [0.15, 0.2) is 0 Å². The van der Waals surface area contributed by atoms with E-state index in [2.05, 4.69) is 15.5 Å². The molecule has 0 spiro atoms. The van der Waals surface area contributed by atoms with Crippen LogP contribution in [0.5, 0.6) is 0 Å². The molecule has 0 radical (unpaired) electrons. The number of halogens is 1. The summed E-state index contributed by atoms with van der Waals surface area (Å²) in [6.07, 6.45) is 1.68. The van der Waals surface area contributed by atoms with Crippen molar-refractivity contribution in [2.75, 3.05) is 0 Å². The van der Waals surface area contributed by atoms with Gasteiger partial charge in [-0.1, -0.05) is 48.0 Å². The zero-order chi connectivity index (χ0) is 15.5. The molecule has 0 saturated heterocycles. The minimum atomic E-state index is -0.260. The lowest BCUT2D eigenvalue weighted by Crippen LogP contribution is -2.19. The molecule has 0 atom stereocenters. The van der Waals surface area contributed by atoms with E-state index in [0.717, 1.165) is 16.5 Å². The Morgan fingerprint density at radius 3 is 2.64 bits per heavy atom. The number of nitrogens with zero attached hydrogens (tertiary/aromatic N) is 1. The van der Waals surface area contributed by atoms with Gasteiger partial charge in [0, 0.05) is 27.7 Å². The number of hydrogen-bond acceptors (Lipinski definition) is 2. The van der Waals surface area contributed by atoms with Crippen LogP contribution in [0.2, 0.25) is 5.02 Å². The Balaban J connectivity index is 1.83. The second kappa shape index (κ2) is 6.03. The van der Waals surface area contributed by atoms with Crippen LogP contribution in [-0.2, 0) is 0 Å². The van der Waals surface area contributed by atoms with Crippen molar-refractivity contribution in [3.8, 4) is 0 Å². The molecule has 1 heterocycles. The van der Waals surface area contributed by atoms with Crippen molar-refractivity contribution in [3.63, 3.8) is 0 Å². The summed E-state index contributed by atoms with van der Waals surface area (Å²) in [4.78, 5) is 15.3. The number of H-pyrrole nitrogens is 1. The maximum atomic E-state index is 12.3. The second-order valence-electron chi connectivity index (χ2n) is 4.87. The van der Waals surface area contributed by atoms with Gasteiger partial charge in [-0.25, -0.2) is 5.43 Å². The number of hydrogen-bond donors (Lipinski definition) is 2. The van der Waals surface area contributed by atoms with Gasteiger partial charge in [-0.05, 0) is 19.1 Å². The lowest BCUT2D eigenvalue weighted by Gasteiger charge is -2.04. The predicted octanol–water partition coefficient (Wildman–Crippen LogP) is 3.98. The van der Waals surface area contributed by atoms with Gasteiger partial charge in [0.05, 0.1) is 11.3 Å². The molecule has 1 amide bonds. The van der Waals surface area contributed by atoms with E-state index in [1.54, 1.807) is 19.2 Å². The molecule has 2 aromatic carbocycles. The molecule has 0 aliphatic carbocycles. The fourth-order valence-electron chi connectivity index (χ4n) is 2.27. The molecule has 0 bridgehead atoms. The Labute approximate surface area is 132 Å². The number of fused-ring (bicyclic) bond motifs is 1. The minimum Gasteiger partial charge on any atom is -0.360 e. The van der Waals surface area contributed by atoms with Crippen LogP contribution in [0.3, 0.4) is 0 Å². The smallest absolute Gasteiger partial charge is 0.273 e. The van der Waals surface area contributed by atoms with E-state index in [0.29, 0.717) is 16.3 Å². The van der Waals surface area contributed by atoms with Gasteiger partial charge in [0.1, 0.15) is 0 Å². The molecular weight excluding hydrogens is 298 g/mol. The maximum absolute atomic E-state index is 12.3. The third kappa shape index (κ3) is 2.73. The summed E-state index contributed by atoms with van der Waals surface area (Å²) >= 11 is 6.11. The summed E-state index contributed by atoms with van der Waals surface area (Å²) < 4.78 is 0. The highest BCUT2D eigenvalue weighted by molar-refractivity contribution is 6.34. The van der Waals surface area contributed by atoms with Crippen LogP contribution in [0.1, 0.15) is 22.8 Å². The van der Waals surface area contributed by atoms with Crippen molar-refractivity contribution in [3.05, 3.63) is 70.9 Å². The highest BCUT2D eigenvalue weighted by atomic mass is 35.5. The first kappa shape index (κ1) is 14.4. The van der Waals surface area contributed by atoms with Gasteiger partial charge in [-0.15, -0.1) is 0 Å². The molecule has 0 aliphatic heterocycles. The molecule has 4 nitrogen and oxygen atoms in total. The molecule has 1 aromatic heterocycles. The molecule has 3 aromatic rings. The number of aromatic amines is 1. The summed E-state index contributed by atoms with van der Waals surface area (Å²) in [7, 11) is 0. The molecular formula is C17H14ClN3O. The SMILES string of the molecule is C/C(=N\NC(=O)c1c[nH]c2ccccc12)c1ccccc1Cl. The summed E-state index contributed by atoms with van der Waals surface area (Å²) in [5.74, 6) is -0.260. The molecule has 3 rings (SSSR count). The Kier molecular flexibility index (Phi) is 3.94. The van der Waals surface area contributed by atoms with Gasteiger partial charge < -0.3 is 4.98 Å². The van der Waals surface area contributed by atoms with Crippen LogP contribution in [0, 0.1) is 0 Å². The average Bonchev–Trinajstić information content (AvgIpc) is 2.97. The van der Waals surface area contributed by atoms with Crippen molar-refractivity contribution in [2.24, 2.45) is 5.10 Å². The Morgan fingerprint density at radius 2 is 1.82 bits per heavy atom. The number of para-hydroxylation sites is 1. The van der Waals surface area contributed by atoms with Crippen molar-refractivity contribution in [1.29, 1.82) is 0 Å². The molecule has 110 valence electrons. The quantitative estimate of drug-likeness (QED) is 0.558. The summed E-state index contributed by atoms with van der Waals surface area (Å²) in [5, 5.41) is 5.60. The third-order valence-corrected chi connectivity index (χ3v) is 3.75. The number of rotatable bonds is 3. The monoisotopic (exact) mass is 311 g/mol. The number of benzene rings is 2. The van der Waals surface area contributed by atoms with Crippen LogP contribution in [0.15, 0.2) is 59.8 Å². The molecule has 0 unspecified atom stereocenters. The highest BCUT2D eigenvalue weighted by Crippen LogP contribution is 2.18. The highest BCUT2D eigenvalue weighted by Gasteiger charge is 2.11. The third-order valence-electron chi connectivity index (χ3n) is 3.42. The lowest BCUT2D eigenvalue weighted by molar-refractivity contribution is 0.0956. The van der Waals surface area contributed by atoms with Crippen molar-refractivity contribution in [1.82, 2.24) is 10.4 Å². The van der Waals surface area contributed by atoms with E-state index in [1.807, 2.05) is 42.5 Å². The van der Waals surface area contributed by atoms with E-state index in [1.165, 1.54) is 0 Å². The average molecular weight is 312 g/mol. The minimum absolute atomic E-state index is 0.260. The van der Waals surface area contributed by atoms with E-state index >= 15 is 0 Å². The Bertz CT molecular complexity index is 867. The van der Waals surface area contributed by atoms with Crippen LogP contribution < -0.4 is 5.43 Å². The largest absolute Gasteiger partial charge is 0.360 e. The molecule has 2 N–H and O–H groups in total. The Morgan fingerprint density at radius 1 is 1.09 bits per heavy atom. The van der Waals surface area contributed by atoms with Crippen LogP contribution >= 0.6 is 11.6 Å².